The molecule has 1 aliphatic rings. The number of fused-ring (bicyclic) bond motifs is 1. The summed E-state index contributed by atoms with van der Waals surface area (Å²) >= 11 is 16.9. The number of benzene rings is 1. The van der Waals surface area contributed by atoms with Crippen molar-refractivity contribution in [2.45, 2.75) is 0 Å². The Labute approximate surface area is 98.3 Å². The van der Waals surface area contributed by atoms with E-state index in [4.69, 9.17) is 34.8 Å². The molecule has 0 saturated carbocycles. The predicted octanol–water partition coefficient (Wildman–Crippen LogP) is 2.66. The molecule has 0 radical (unpaired) electrons. The fourth-order valence-corrected chi connectivity index (χ4v) is 1.98. The first kappa shape index (κ1) is 10.5. The van der Waals surface area contributed by atoms with Crippen LogP contribution in [0.4, 0.5) is 0 Å². The summed E-state index contributed by atoms with van der Waals surface area (Å²) in [4.78, 5) is 22.4. The van der Waals surface area contributed by atoms with Gasteiger partial charge in [0.25, 0.3) is 0 Å². The number of esters is 2. The highest BCUT2D eigenvalue weighted by Gasteiger charge is 2.37. The second-order valence-electron chi connectivity index (χ2n) is 2.72. The van der Waals surface area contributed by atoms with E-state index in [0.29, 0.717) is 0 Å². The minimum absolute atomic E-state index is 0.213. The van der Waals surface area contributed by atoms with E-state index < -0.39 is 17.7 Å². The Morgan fingerprint density at radius 3 is 1.87 bits per heavy atom. The van der Waals surface area contributed by atoms with Crippen LogP contribution in [0.5, 0.6) is 5.75 Å². The van der Waals surface area contributed by atoms with Gasteiger partial charge in [-0.15, -0.1) is 0 Å². The van der Waals surface area contributed by atoms with Crippen LogP contribution in [0, 0.1) is 0 Å². The molecule has 0 amide bonds. The van der Waals surface area contributed by atoms with Gasteiger partial charge in [-0.1, -0.05) is 34.8 Å². The topological polar surface area (TPSA) is 63.6 Å². The number of hydrogen-bond acceptors (Lipinski definition) is 4. The van der Waals surface area contributed by atoms with E-state index in [9.17, 15) is 14.7 Å². The molecular weight excluding hydrogens is 266 g/mol. The summed E-state index contributed by atoms with van der Waals surface area (Å²) in [5.41, 5.74) is -0.469. The summed E-state index contributed by atoms with van der Waals surface area (Å²) in [6.45, 7) is 0. The molecular formula is C8HCl3O4. The van der Waals surface area contributed by atoms with Crippen LogP contribution in [0.15, 0.2) is 0 Å². The molecule has 1 aromatic carbocycles. The second kappa shape index (κ2) is 3.27. The van der Waals surface area contributed by atoms with Crippen LogP contribution in [0.3, 0.4) is 0 Å². The van der Waals surface area contributed by atoms with Crippen molar-refractivity contribution in [2.75, 3.05) is 0 Å². The molecule has 15 heavy (non-hydrogen) atoms. The third kappa shape index (κ3) is 1.29. The molecule has 0 spiro atoms. The molecule has 0 fully saturated rings. The maximum Gasteiger partial charge on any atom is 0.348 e. The highest BCUT2D eigenvalue weighted by atomic mass is 35.5. The van der Waals surface area contributed by atoms with Crippen molar-refractivity contribution in [3.8, 4) is 5.75 Å². The molecule has 0 aliphatic carbocycles. The minimum atomic E-state index is -0.950. The third-order valence-electron chi connectivity index (χ3n) is 1.89. The molecule has 0 aromatic heterocycles. The average molecular weight is 267 g/mol. The predicted molar refractivity (Wildman–Crippen MR) is 52.9 cm³/mol. The quantitative estimate of drug-likeness (QED) is 0.446. The number of phenols is 1. The Kier molecular flexibility index (Phi) is 2.30. The molecule has 0 saturated heterocycles. The third-order valence-corrected chi connectivity index (χ3v) is 3.10. The van der Waals surface area contributed by atoms with E-state index in [1.165, 1.54) is 0 Å². The van der Waals surface area contributed by atoms with Crippen molar-refractivity contribution in [2.24, 2.45) is 0 Å². The van der Waals surface area contributed by atoms with E-state index >= 15 is 0 Å². The SMILES string of the molecule is O=C1OC(=O)c2c(Cl)c(Cl)c(O)c(Cl)c21. The number of ether oxygens (including phenoxy) is 1. The summed E-state index contributed by atoms with van der Waals surface area (Å²) in [6, 6.07) is 0. The number of hydrogen-bond donors (Lipinski definition) is 1. The minimum Gasteiger partial charge on any atom is -0.505 e. The van der Waals surface area contributed by atoms with E-state index in [1.807, 2.05) is 0 Å². The maximum atomic E-state index is 11.2. The van der Waals surface area contributed by atoms with E-state index in [0.717, 1.165) is 0 Å². The van der Waals surface area contributed by atoms with Gasteiger partial charge in [0.1, 0.15) is 5.02 Å². The molecule has 1 N–H and O–H groups in total. The van der Waals surface area contributed by atoms with Gasteiger partial charge in [-0.05, 0) is 0 Å². The average Bonchev–Trinajstić information content (AvgIpc) is 2.47. The molecule has 2 rings (SSSR count). The zero-order chi connectivity index (χ0) is 11.3. The first-order valence-corrected chi connectivity index (χ1v) is 4.74. The van der Waals surface area contributed by atoms with Crippen molar-refractivity contribution in [1.82, 2.24) is 0 Å². The molecule has 1 heterocycles. The standard InChI is InChI=1S/C8HCl3O4/c9-3-1-2(8(14)15-7(1)13)4(10)6(12)5(3)11/h12H. The van der Waals surface area contributed by atoms with Crippen molar-refractivity contribution >= 4 is 46.7 Å². The molecule has 0 bridgehead atoms. The number of aromatic hydroxyl groups is 1. The molecule has 0 unspecified atom stereocenters. The zero-order valence-electron chi connectivity index (χ0n) is 6.81. The van der Waals surface area contributed by atoms with Crippen LogP contribution >= 0.6 is 34.8 Å². The van der Waals surface area contributed by atoms with Gasteiger partial charge in [-0.2, -0.15) is 0 Å². The van der Waals surface area contributed by atoms with Gasteiger partial charge in [0.05, 0.1) is 21.2 Å². The highest BCUT2D eigenvalue weighted by Crippen LogP contribution is 2.45. The van der Waals surface area contributed by atoms with Crippen molar-refractivity contribution in [3.63, 3.8) is 0 Å². The smallest absolute Gasteiger partial charge is 0.348 e. The van der Waals surface area contributed by atoms with Crippen LogP contribution < -0.4 is 0 Å². The van der Waals surface area contributed by atoms with Gasteiger partial charge in [0.15, 0.2) is 5.75 Å². The lowest BCUT2D eigenvalue weighted by Gasteiger charge is -2.05. The fraction of sp³-hybridized carbons (Fsp3) is 0. The van der Waals surface area contributed by atoms with E-state index in [-0.39, 0.29) is 26.2 Å². The van der Waals surface area contributed by atoms with Gasteiger partial charge in [0, 0.05) is 0 Å². The number of phenolic OH excluding ortho intramolecular Hbond substituents is 1. The van der Waals surface area contributed by atoms with Gasteiger partial charge in [-0.25, -0.2) is 9.59 Å². The van der Waals surface area contributed by atoms with Crippen molar-refractivity contribution in [1.29, 1.82) is 0 Å². The van der Waals surface area contributed by atoms with Crippen LogP contribution in [0.2, 0.25) is 15.1 Å². The number of carbonyl (C=O) groups is 2. The lowest BCUT2D eigenvalue weighted by atomic mass is 10.1. The molecule has 4 nitrogen and oxygen atoms in total. The lowest BCUT2D eigenvalue weighted by molar-refractivity contribution is 0.0444. The Hall–Kier alpha value is -0.970. The largest absolute Gasteiger partial charge is 0.505 e. The number of cyclic esters (lactones) is 2. The fourth-order valence-electron chi connectivity index (χ4n) is 1.22. The second-order valence-corrected chi connectivity index (χ2v) is 3.85. The van der Waals surface area contributed by atoms with Crippen LogP contribution in [0.1, 0.15) is 20.7 Å². The van der Waals surface area contributed by atoms with Crippen molar-refractivity contribution in [3.05, 3.63) is 26.2 Å². The number of halogens is 3. The summed E-state index contributed by atoms with van der Waals surface area (Å²) in [5, 5.41) is 8.52. The molecule has 7 heteroatoms. The Morgan fingerprint density at radius 2 is 1.33 bits per heavy atom. The van der Waals surface area contributed by atoms with Crippen molar-refractivity contribution < 1.29 is 19.4 Å². The molecule has 0 atom stereocenters. The van der Waals surface area contributed by atoms with E-state index in [2.05, 4.69) is 4.74 Å². The van der Waals surface area contributed by atoms with Gasteiger partial charge in [-0.3, -0.25) is 0 Å². The van der Waals surface area contributed by atoms with E-state index in [1.54, 1.807) is 0 Å². The first-order valence-electron chi connectivity index (χ1n) is 3.61. The van der Waals surface area contributed by atoms with Crippen LogP contribution in [0.25, 0.3) is 0 Å². The summed E-state index contributed by atoms with van der Waals surface area (Å²) in [5.74, 6) is -2.42. The van der Waals surface area contributed by atoms with Crippen LogP contribution in [-0.2, 0) is 4.74 Å². The Balaban J connectivity index is 2.92. The summed E-state index contributed by atoms with van der Waals surface area (Å²) < 4.78 is 4.29. The Bertz CT molecular complexity index is 464. The normalized spacial score (nSPS) is 14.1. The number of rotatable bonds is 0. The van der Waals surface area contributed by atoms with Gasteiger partial charge >= 0.3 is 11.9 Å². The summed E-state index contributed by atoms with van der Waals surface area (Å²) in [7, 11) is 0. The Morgan fingerprint density at radius 1 is 0.867 bits per heavy atom. The van der Waals surface area contributed by atoms with Crippen LogP contribution in [-0.4, -0.2) is 17.0 Å². The monoisotopic (exact) mass is 266 g/mol. The maximum absolute atomic E-state index is 11.2. The highest BCUT2D eigenvalue weighted by molar-refractivity contribution is 6.48. The van der Waals surface area contributed by atoms with Gasteiger partial charge < -0.3 is 9.84 Å². The lowest BCUT2D eigenvalue weighted by Crippen LogP contribution is -1.97. The molecule has 1 aliphatic heterocycles. The van der Waals surface area contributed by atoms with Gasteiger partial charge in [0.2, 0.25) is 0 Å². The summed E-state index contributed by atoms with van der Waals surface area (Å²) in [6.07, 6.45) is 0. The molecule has 1 aromatic rings. The first-order chi connectivity index (χ1) is 6.95. The number of carbonyl (C=O) groups excluding carboxylic acids is 2. The zero-order valence-corrected chi connectivity index (χ0v) is 9.07. The molecule has 78 valence electrons.